The number of aromatic nitrogens is 2. The molecule has 7 nitrogen and oxygen atoms in total. The molecule has 2 aromatic rings. The summed E-state index contributed by atoms with van der Waals surface area (Å²) in [7, 11) is 1.58. The average Bonchev–Trinajstić information content (AvgIpc) is 3.61. The van der Waals surface area contributed by atoms with E-state index < -0.39 is 17.8 Å². The van der Waals surface area contributed by atoms with Crippen LogP contribution in [0.1, 0.15) is 60.9 Å². The molecule has 3 heterocycles. The van der Waals surface area contributed by atoms with Crippen molar-refractivity contribution in [2.75, 3.05) is 20.3 Å². The number of halogens is 3. The van der Waals surface area contributed by atoms with E-state index in [0.717, 1.165) is 49.9 Å². The summed E-state index contributed by atoms with van der Waals surface area (Å²) in [6.07, 6.45) is 3.65. The Kier molecular flexibility index (Phi) is 6.20. The van der Waals surface area contributed by atoms with Crippen LogP contribution in [0.15, 0.2) is 36.7 Å². The van der Waals surface area contributed by atoms with Crippen molar-refractivity contribution in [3.05, 3.63) is 53.5 Å². The second kappa shape index (κ2) is 9.14. The molecule has 5 rings (SSSR count). The number of nitrogens with one attached hydrogen (secondary N) is 1. The maximum absolute atomic E-state index is 13.3. The van der Waals surface area contributed by atoms with Crippen LogP contribution in [0.4, 0.5) is 13.2 Å². The fraction of sp³-hybridized carbons (Fsp3) is 0.542. The van der Waals surface area contributed by atoms with Crippen LogP contribution in [0.5, 0.6) is 5.88 Å². The number of amides is 1. The molecular formula is C24H28F3N5O2. The van der Waals surface area contributed by atoms with Crippen LogP contribution in [0.2, 0.25) is 0 Å². The predicted octanol–water partition coefficient (Wildman–Crippen LogP) is 3.69. The summed E-state index contributed by atoms with van der Waals surface area (Å²) in [5.74, 6) is 0.742. The second-order valence-electron chi connectivity index (χ2n) is 9.25. The van der Waals surface area contributed by atoms with Crippen molar-refractivity contribution in [2.24, 2.45) is 0 Å². The molecule has 10 heteroatoms. The van der Waals surface area contributed by atoms with Crippen molar-refractivity contribution in [3.8, 4) is 5.88 Å². The van der Waals surface area contributed by atoms with Gasteiger partial charge in [0.1, 0.15) is 6.04 Å². The monoisotopic (exact) mass is 475 g/mol. The van der Waals surface area contributed by atoms with E-state index in [1.165, 1.54) is 6.07 Å². The zero-order valence-electron chi connectivity index (χ0n) is 19.0. The van der Waals surface area contributed by atoms with E-state index in [1.807, 2.05) is 0 Å². The van der Waals surface area contributed by atoms with Gasteiger partial charge in [-0.1, -0.05) is 12.1 Å². The number of ether oxygens (including phenoxy) is 1. The molecule has 3 aliphatic rings. The minimum Gasteiger partial charge on any atom is -0.457 e. The molecule has 0 spiro atoms. The van der Waals surface area contributed by atoms with E-state index in [9.17, 15) is 18.0 Å². The number of hydrogen-bond donors (Lipinski definition) is 1. The molecule has 2 aliphatic heterocycles. The van der Waals surface area contributed by atoms with Gasteiger partial charge in [0.2, 0.25) is 11.8 Å². The van der Waals surface area contributed by atoms with Crippen molar-refractivity contribution >= 4 is 5.91 Å². The van der Waals surface area contributed by atoms with E-state index >= 15 is 0 Å². The maximum Gasteiger partial charge on any atom is 0.416 e. The molecule has 182 valence electrons. The highest BCUT2D eigenvalue weighted by molar-refractivity contribution is 5.83. The van der Waals surface area contributed by atoms with Crippen LogP contribution in [0.3, 0.4) is 0 Å². The van der Waals surface area contributed by atoms with Gasteiger partial charge in [-0.25, -0.2) is 9.88 Å². The van der Waals surface area contributed by atoms with Crippen molar-refractivity contribution in [2.45, 2.75) is 62.5 Å². The highest BCUT2D eigenvalue weighted by Gasteiger charge is 2.41. The molecule has 1 aromatic heterocycles. The normalized spacial score (nSPS) is 24.1. The molecule has 1 aromatic carbocycles. The van der Waals surface area contributed by atoms with Crippen LogP contribution in [0.25, 0.3) is 0 Å². The SMILES string of the molecule is CNC(C(=O)N1CC[C@@H]2CC[C@H](Oc3cnc(C4CC4)cn3)N2C1)c1cccc(C(F)(F)F)c1. The van der Waals surface area contributed by atoms with Crippen LogP contribution in [-0.4, -0.2) is 58.2 Å². The summed E-state index contributed by atoms with van der Waals surface area (Å²) in [5, 5.41) is 2.90. The van der Waals surface area contributed by atoms with Crippen LogP contribution >= 0.6 is 0 Å². The lowest BCUT2D eigenvalue weighted by Gasteiger charge is -2.41. The molecule has 1 unspecified atom stereocenters. The van der Waals surface area contributed by atoms with E-state index in [2.05, 4.69) is 20.2 Å². The minimum absolute atomic E-state index is 0.219. The third kappa shape index (κ3) is 4.74. The van der Waals surface area contributed by atoms with Crippen LogP contribution < -0.4 is 10.1 Å². The Morgan fingerprint density at radius 2 is 1.97 bits per heavy atom. The molecular weight excluding hydrogens is 447 g/mol. The largest absolute Gasteiger partial charge is 0.457 e. The summed E-state index contributed by atoms with van der Waals surface area (Å²) in [6, 6.07) is 4.38. The lowest BCUT2D eigenvalue weighted by Crippen LogP contribution is -2.55. The lowest BCUT2D eigenvalue weighted by molar-refractivity contribution is -0.142. The maximum atomic E-state index is 13.3. The molecule has 0 radical (unpaired) electrons. The van der Waals surface area contributed by atoms with E-state index in [0.29, 0.717) is 36.6 Å². The lowest BCUT2D eigenvalue weighted by atomic mass is 10.0. The van der Waals surface area contributed by atoms with E-state index in [1.54, 1.807) is 30.4 Å². The van der Waals surface area contributed by atoms with Crippen molar-refractivity contribution in [1.82, 2.24) is 25.1 Å². The Morgan fingerprint density at radius 1 is 1.15 bits per heavy atom. The summed E-state index contributed by atoms with van der Waals surface area (Å²) >= 11 is 0. The van der Waals surface area contributed by atoms with Gasteiger partial charge in [-0.2, -0.15) is 13.2 Å². The fourth-order valence-electron chi connectivity index (χ4n) is 4.92. The van der Waals surface area contributed by atoms with Gasteiger partial charge in [0.05, 0.1) is 30.3 Å². The Balaban J connectivity index is 1.27. The molecule has 1 saturated carbocycles. The summed E-state index contributed by atoms with van der Waals surface area (Å²) < 4.78 is 45.7. The fourth-order valence-corrected chi connectivity index (χ4v) is 4.92. The van der Waals surface area contributed by atoms with E-state index in [4.69, 9.17) is 4.74 Å². The smallest absolute Gasteiger partial charge is 0.416 e. The Morgan fingerprint density at radius 3 is 2.65 bits per heavy atom. The zero-order valence-corrected chi connectivity index (χ0v) is 19.0. The van der Waals surface area contributed by atoms with Crippen LogP contribution in [0, 0.1) is 0 Å². The van der Waals surface area contributed by atoms with Gasteiger partial charge in [0.15, 0.2) is 6.23 Å². The standard InChI is InChI=1S/C24H28F3N5O2/c1-28-22(16-3-2-4-17(11-16)24(25,26)27)23(33)31-10-9-18-7-8-21(32(18)14-31)34-20-13-29-19(12-30-20)15-5-6-15/h2-4,11-13,15,18,21-22,28H,5-10,14H2,1H3/t18-,21-,22?/m0/s1. The first-order valence-corrected chi connectivity index (χ1v) is 11.7. The van der Waals surface area contributed by atoms with Crippen molar-refractivity contribution in [3.63, 3.8) is 0 Å². The number of rotatable bonds is 6. The molecule has 2 saturated heterocycles. The van der Waals surface area contributed by atoms with Gasteiger partial charge in [-0.15, -0.1) is 0 Å². The number of fused-ring (bicyclic) bond motifs is 1. The molecule has 1 amide bonds. The van der Waals surface area contributed by atoms with Gasteiger partial charge < -0.3 is 15.0 Å². The number of carbonyl (C=O) groups excluding carboxylic acids is 1. The number of hydrogen-bond acceptors (Lipinski definition) is 6. The first-order chi connectivity index (χ1) is 16.3. The highest BCUT2D eigenvalue weighted by atomic mass is 19.4. The Labute approximate surface area is 196 Å². The zero-order chi connectivity index (χ0) is 23.9. The molecule has 3 fully saturated rings. The van der Waals surface area contributed by atoms with Crippen molar-refractivity contribution in [1.29, 1.82) is 0 Å². The Bertz CT molecular complexity index is 1030. The Hall–Kier alpha value is -2.72. The number of likely N-dealkylation sites (N-methyl/N-ethyl adjacent to an activating group) is 1. The molecule has 3 atom stereocenters. The van der Waals surface area contributed by atoms with Gasteiger partial charge in [0.25, 0.3) is 0 Å². The minimum atomic E-state index is -4.46. The summed E-state index contributed by atoms with van der Waals surface area (Å²) in [5.41, 5.74) is 0.530. The average molecular weight is 476 g/mol. The third-order valence-electron chi connectivity index (χ3n) is 6.95. The number of alkyl halides is 3. The van der Waals surface area contributed by atoms with Gasteiger partial charge >= 0.3 is 6.18 Å². The van der Waals surface area contributed by atoms with Crippen molar-refractivity contribution < 1.29 is 22.7 Å². The number of benzene rings is 1. The summed E-state index contributed by atoms with van der Waals surface area (Å²) in [6.45, 7) is 0.915. The number of carbonyl (C=O) groups is 1. The quantitative estimate of drug-likeness (QED) is 0.687. The second-order valence-corrected chi connectivity index (χ2v) is 9.25. The first-order valence-electron chi connectivity index (χ1n) is 11.7. The molecule has 1 aliphatic carbocycles. The predicted molar refractivity (Wildman–Crippen MR) is 118 cm³/mol. The van der Waals surface area contributed by atoms with Gasteiger partial charge in [-0.05, 0) is 56.8 Å². The third-order valence-corrected chi connectivity index (χ3v) is 6.95. The van der Waals surface area contributed by atoms with E-state index in [-0.39, 0.29) is 12.1 Å². The first kappa shape index (κ1) is 23.0. The van der Waals surface area contributed by atoms with Gasteiger partial charge in [0, 0.05) is 18.5 Å². The van der Waals surface area contributed by atoms with Gasteiger partial charge in [-0.3, -0.25) is 9.78 Å². The van der Waals surface area contributed by atoms with Crippen LogP contribution in [-0.2, 0) is 11.0 Å². The topological polar surface area (TPSA) is 70.6 Å². The molecule has 34 heavy (non-hydrogen) atoms. The molecule has 0 bridgehead atoms. The number of nitrogens with zero attached hydrogens (tertiary/aromatic N) is 4. The molecule has 1 N–H and O–H groups in total. The summed E-state index contributed by atoms with van der Waals surface area (Å²) in [4.78, 5) is 26.1. The highest BCUT2D eigenvalue weighted by Crippen LogP contribution is 2.39.